The van der Waals surface area contributed by atoms with Gasteiger partial charge in [-0.15, -0.1) is 0 Å². The Morgan fingerprint density at radius 2 is 0.857 bits per heavy atom. The largest absolute Gasteiger partial charge is 0.333 e. The molecule has 21 heavy (non-hydrogen) atoms. The highest BCUT2D eigenvalue weighted by molar-refractivity contribution is 5.81. The third-order valence-corrected chi connectivity index (χ3v) is 4.47. The Bertz CT molecular complexity index is 327. The number of hydrogen-bond donors (Lipinski definition) is 0. The third kappa shape index (κ3) is 4.45. The molecule has 2 aliphatic rings. The van der Waals surface area contributed by atoms with Gasteiger partial charge in [0, 0.05) is 36.0 Å². The summed E-state index contributed by atoms with van der Waals surface area (Å²) in [5.74, 6) is 0.903. The van der Waals surface area contributed by atoms with Crippen LogP contribution in [0.3, 0.4) is 0 Å². The lowest BCUT2D eigenvalue weighted by Crippen LogP contribution is -2.19. The van der Waals surface area contributed by atoms with Gasteiger partial charge in [0.1, 0.15) is 0 Å². The van der Waals surface area contributed by atoms with Gasteiger partial charge in [0.2, 0.25) is 11.8 Å². The topological polar surface area (TPSA) is 40.2 Å². The van der Waals surface area contributed by atoms with Gasteiger partial charge in [0.15, 0.2) is 0 Å². The van der Waals surface area contributed by atoms with Crippen molar-refractivity contribution in [2.45, 2.75) is 87.0 Å². The molecule has 2 saturated heterocycles. The monoisotopic (exact) mass is 298 g/mol. The summed E-state index contributed by atoms with van der Waals surface area (Å²) in [6.45, 7) is 16.1. The Morgan fingerprint density at radius 3 is 0.905 bits per heavy atom. The molecule has 4 unspecified atom stereocenters. The predicted octanol–water partition coefficient (Wildman–Crippen LogP) is 3.16. The molecule has 4 nitrogen and oxygen atoms in total. The third-order valence-electron chi connectivity index (χ3n) is 4.47. The lowest BCUT2D eigenvalue weighted by molar-refractivity contribution is -0.130. The SMILES string of the molecule is C.CC(C)C(=O)N1C(C)C1C.CC(C)C(=O)N1C(C)C1C. The van der Waals surface area contributed by atoms with E-state index in [-0.39, 0.29) is 19.3 Å². The normalized spacial score (nSPS) is 29.6. The van der Waals surface area contributed by atoms with Gasteiger partial charge < -0.3 is 9.80 Å². The average Bonchev–Trinajstić information content (AvgIpc) is 3.16. The molecular weight excluding hydrogens is 264 g/mol. The van der Waals surface area contributed by atoms with Crippen molar-refractivity contribution in [1.82, 2.24) is 9.80 Å². The van der Waals surface area contributed by atoms with E-state index in [1.54, 1.807) is 0 Å². The van der Waals surface area contributed by atoms with E-state index in [2.05, 4.69) is 27.7 Å². The fourth-order valence-electron chi connectivity index (χ4n) is 2.41. The van der Waals surface area contributed by atoms with Crippen LogP contribution < -0.4 is 0 Å². The summed E-state index contributed by atoms with van der Waals surface area (Å²) in [7, 11) is 0. The van der Waals surface area contributed by atoms with Crippen LogP contribution in [0, 0.1) is 11.8 Å². The van der Waals surface area contributed by atoms with Gasteiger partial charge in [-0.05, 0) is 27.7 Å². The van der Waals surface area contributed by atoms with E-state index in [0.29, 0.717) is 36.0 Å². The molecule has 2 rings (SSSR count). The van der Waals surface area contributed by atoms with Gasteiger partial charge in [-0.25, -0.2) is 0 Å². The van der Waals surface area contributed by atoms with E-state index in [4.69, 9.17) is 0 Å². The molecule has 0 saturated carbocycles. The molecule has 4 heteroatoms. The molecule has 2 amide bonds. The Kier molecular flexibility index (Phi) is 6.91. The number of amides is 2. The molecule has 4 atom stereocenters. The van der Waals surface area contributed by atoms with Crippen molar-refractivity contribution in [2.24, 2.45) is 11.8 Å². The van der Waals surface area contributed by atoms with Gasteiger partial charge in [0.05, 0.1) is 0 Å². The van der Waals surface area contributed by atoms with E-state index in [1.165, 1.54) is 0 Å². The van der Waals surface area contributed by atoms with Crippen LogP contribution in [0.4, 0.5) is 0 Å². The van der Waals surface area contributed by atoms with Crippen LogP contribution in [0.15, 0.2) is 0 Å². The maximum Gasteiger partial charge on any atom is 0.225 e. The fraction of sp³-hybridized carbons (Fsp3) is 0.882. The molecule has 2 aliphatic heterocycles. The van der Waals surface area contributed by atoms with Crippen molar-refractivity contribution in [3.63, 3.8) is 0 Å². The van der Waals surface area contributed by atoms with E-state index in [1.807, 2.05) is 37.5 Å². The zero-order valence-corrected chi connectivity index (χ0v) is 14.2. The lowest BCUT2D eigenvalue weighted by Gasteiger charge is -2.05. The highest BCUT2D eigenvalue weighted by atomic mass is 16.2. The molecule has 0 aromatic carbocycles. The Balaban J connectivity index is 0.000000364. The Hall–Kier alpha value is -1.06. The zero-order chi connectivity index (χ0) is 15.8. The lowest BCUT2D eigenvalue weighted by atomic mass is 10.2. The summed E-state index contributed by atoms with van der Waals surface area (Å²) in [5.41, 5.74) is 0. The van der Waals surface area contributed by atoms with E-state index in [9.17, 15) is 9.59 Å². The first-order valence-electron chi connectivity index (χ1n) is 7.75. The van der Waals surface area contributed by atoms with E-state index >= 15 is 0 Å². The minimum absolute atomic E-state index is 0. The van der Waals surface area contributed by atoms with Crippen LogP contribution >= 0.6 is 0 Å². The average molecular weight is 298 g/mol. The van der Waals surface area contributed by atoms with Crippen molar-refractivity contribution >= 4 is 11.8 Å². The van der Waals surface area contributed by atoms with Crippen molar-refractivity contribution < 1.29 is 9.59 Å². The summed E-state index contributed by atoms with van der Waals surface area (Å²) in [4.78, 5) is 26.4. The molecule has 0 aromatic rings. The molecule has 0 N–H and O–H groups in total. The van der Waals surface area contributed by atoms with E-state index in [0.717, 1.165) is 0 Å². The van der Waals surface area contributed by atoms with Crippen molar-refractivity contribution in [3.05, 3.63) is 0 Å². The smallest absolute Gasteiger partial charge is 0.225 e. The first-order chi connectivity index (χ1) is 9.11. The summed E-state index contributed by atoms with van der Waals surface area (Å²) >= 11 is 0. The van der Waals surface area contributed by atoms with Gasteiger partial charge in [-0.1, -0.05) is 35.1 Å². The molecule has 0 spiro atoms. The minimum atomic E-state index is 0. The number of rotatable bonds is 2. The maximum atomic E-state index is 11.3. The second kappa shape index (κ2) is 7.28. The van der Waals surface area contributed by atoms with Gasteiger partial charge >= 0.3 is 0 Å². The van der Waals surface area contributed by atoms with Crippen molar-refractivity contribution in [3.8, 4) is 0 Å². The second-order valence-corrected chi connectivity index (χ2v) is 6.76. The number of carbonyl (C=O) groups excluding carboxylic acids is 2. The van der Waals surface area contributed by atoms with Crippen LogP contribution in [-0.4, -0.2) is 45.8 Å². The molecule has 0 aliphatic carbocycles. The van der Waals surface area contributed by atoms with Crippen molar-refractivity contribution in [1.29, 1.82) is 0 Å². The van der Waals surface area contributed by atoms with Crippen LogP contribution in [0.2, 0.25) is 0 Å². The quantitative estimate of drug-likeness (QED) is 0.735. The van der Waals surface area contributed by atoms with Crippen molar-refractivity contribution in [2.75, 3.05) is 0 Å². The number of nitrogens with zero attached hydrogens (tertiary/aromatic N) is 2. The minimum Gasteiger partial charge on any atom is -0.333 e. The summed E-state index contributed by atoms with van der Waals surface area (Å²) in [5, 5.41) is 0. The van der Waals surface area contributed by atoms with Crippen LogP contribution in [-0.2, 0) is 9.59 Å². The van der Waals surface area contributed by atoms with Crippen LogP contribution in [0.25, 0.3) is 0 Å². The fourth-order valence-corrected chi connectivity index (χ4v) is 2.41. The summed E-state index contributed by atoms with van der Waals surface area (Å²) in [6, 6.07) is 1.93. The Morgan fingerprint density at radius 1 is 0.667 bits per heavy atom. The molecule has 0 bridgehead atoms. The highest BCUT2D eigenvalue weighted by Crippen LogP contribution is 2.29. The van der Waals surface area contributed by atoms with Gasteiger partial charge in [-0.2, -0.15) is 0 Å². The summed E-state index contributed by atoms with van der Waals surface area (Å²) < 4.78 is 0. The number of carbonyl (C=O) groups is 2. The maximum absolute atomic E-state index is 11.3. The van der Waals surface area contributed by atoms with E-state index < -0.39 is 0 Å². The number of hydrogen-bond acceptors (Lipinski definition) is 2. The first-order valence-corrected chi connectivity index (χ1v) is 7.75. The molecule has 124 valence electrons. The van der Waals surface area contributed by atoms with Crippen LogP contribution in [0.1, 0.15) is 62.8 Å². The molecular formula is C17H34N2O2. The molecule has 2 fully saturated rings. The second-order valence-electron chi connectivity index (χ2n) is 6.76. The zero-order valence-electron chi connectivity index (χ0n) is 14.2. The Labute approximate surface area is 130 Å². The molecule has 0 aromatic heterocycles. The van der Waals surface area contributed by atoms with Gasteiger partial charge in [0.25, 0.3) is 0 Å². The van der Waals surface area contributed by atoms with Crippen LogP contribution in [0.5, 0.6) is 0 Å². The van der Waals surface area contributed by atoms with Gasteiger partial charge in [-0.3, -0.25) is 9.59 Å². The predicted molar refractivity (Wildman–Crippen MR) is 87.9 cm³/mol. The standard InChI is InChI=1S/2C8H15NO.CH4/c2*1-5(2)8(10)9-6(3)7(9)4;/h2*5-7H,1-4H3;1H4. The first kappa shape index (κ1) is 19.9. The highest BCUT2D eigenvalue weighted by Gasteiger charge is 2.44. The summed E-state index contributed by atoms with van der Waals surface area (Å²) in [6.07, 6.45) is 0. The molecule has 2 heterocycles. The molecule has 0 radical (unpaired) electrons.